The molecule has 156 valence electrons. The lowest BCUT2D eigenvalue weighted by Gasteiger charge is -2.29. The van der Waals surface area contributed by atoms with Crippen molar-refractivity contribution < 1.29 is 19.4 Å². The molecule has 1 saturated heterocycles. The fraction of sp³-hybridized carbons (Fsp3) is 0.435. The number of anilines is 1. The molecule has 0 aromatic heterocycles. The van der Waals surface area contributed by atoms with E-state index in [1.54, 1.807) is 25.3 Å². The topological polar surface area (TPSA) is 81.8 Å². The summed E-state index contributed by atoms with van der Waals surface area (Å²) in [6.07, 6.45) is 3.60. The number of rotatable bonds is 8. The molecule has 29 heavy (non-hydrogen) atoms. The number of methoxy groups -OCH3 is 1. The van der Waals surface area contributed by atoms with Crippen LogP contribution < -0.4 is 10.5 Å². The number of ether oxygens (including phenoxy) is 2. The molecule has 3 rings (SSSR count). The van der Waals surface area contributed by atoms with Gasteiger partial charge in [-0.05, 0) is 60.4 Å². The van der Waals surface area contributed by atoms with Gasteiger partial charge in [-0.2, -0.15) is 0 Å². The molecule has 6 heteroatoms. The van der Waals surface area contributed by atoms with Crippen LogP contribution in [0.4, 0.5) is 5.69 Å². The van der Waals surface area contributed by atoms with Crippen molar-refractivity contribution in [3.63, 3.8) is 0 Å². The fourth-order valence-electron chi connectivity index (χ4n) is 3.61. The molecule has 2 atom stereocenters. The van der Waals surface area contributed by atoms with E-state index < -0.39 is 0 Å². The van der Waals surface area contributed by atoms with Crippen molar-refractivity contribution in [2.24, 2.45) is 5.92 Å². The van der Waals surface area contributed by atoms with Crippen LogP contribution in [0.25, 0.3) is 0 Å². The summed E-state index contributed by atoms with van der Waals surface area (Å²) < 4.78 is 11.0. The van der Waals surface area contributed by atoms with E-state index in [1.807, 2.05) is 17.8 Å². The van der Waals surface area contributed by atoms with E-state index >= 15 is 0 Å². The van der Waals surface area contributed by atoms with Crippen LogP contribution in [0.15, 0.2) is 41.3 Å². The highest BCUT2D eigenvalue weighted by molar-refractivity contribution is 7.99. The highest BCUT2D eigenvalue weighted by atomic mass is 32.2. The first-order valence-corrected chi connectivity index (χ1v) is 11.0. The van der Waals surface area contributed by atoms with Crippen molar-refractivity contribution in [2.75, 3.05) is 25.2 Å². The molecule has 0 spiro atoms. The lowest BCUT2D eigenvalue weighted by atomic mass is 9.84. The van der Waals surface area contributed by atoms with Gasteiger partial charge < -0.3 is 20.3 Å². The number of hydrogen-bond acceptors (Lipinski definition) is 6. The zero-order valence-corrected chi connectivity index (χ0v) is 17.8. The summed E-state index contributed by atoms with van der Waals surface area (Å²) in [6, 6.07) is 11.4. The molecule has 0 saturated carbocycles. The third kappa shape index (κ3) is 5.38. The number of hydrogen-bond donors (Lipinski definition) is 2. The average molecular weight is 416 g/mol. The van der Waals surface area contributed by atoms with Crippen LogP contribution in [0.5, 0.6) is 11.5 Å². The molecule has 1 aliphatic rings. The Bertz CT molecular complexity index is 855. The number of esters is 1. The monoisotopic (exact) mass is 415 g/mol. The standard InChI is InChI=1S/C23H29NO4S/c1-3-4-9-29-22-13-16(6-8-21(22)27-2)18-12-17(23(26)28-14-18)10-15-5-7-20(25)19(24)11-15/h5-8,11,13,17-18,25H,3-4,9-10,12,14,24H2,1-2H3/t17?,18-/m1/s1. The molecule has 0 amide bonds. The zero-order valence-electron chi connectivity index (χ0n) is 17.0. The minimum atomic E-state index is -0.226. The lowest BCUT2D eigenvalue weighted by Crippen LogP contribution is -2.30. The van der Waals surface area contributed by atoms with Crippen LogP contribution in [-0.4, -0.2) is 30.5 Å². The second kappa shape index (κ2) is 9.92. The molecule has 1 aliphatic heterocycles. The molecule has 5 nitrogen and oxygen atoms in total. The first kappa shape index (κ1) is 21.4. The van der Waals surface area contributed by atoms with Gasteiger partial charge in [-0.1, -0.05) is 25.5 Å². The van der Waals surface area contributed by atoms with Gasteiger partial charge in [0.2, 0.25) is 0 Å². The van der Waals surface area contributed by atoms with E-state index in [0.717, 1.165) is 41.2 Å². The van der Waals surface area contributed by atoms with Gasteiger partial charge in [0, 0.05) is 10.8 Å². The Hall–Kier alpha value is -2.34. The predicted molar refractivity (Wildman–Crippen MR) is 117 cm³/mol. The summed E-state index contributed by atoms with van der Waals surface area (Å²) in [5, 5.41) is 9.61. The van der Waals surface area contributed by atoms with Crippen LogP contribution in [0, 0.1) is 5.92 Å². The molecule has 0 radical (unpaired) electrons. The number of phenols is 1. The summed E-state index contributed by atoms with van der Waals surface area (Å²) in [4.78, 5) is 13.5. The van der Waals surface area contributed by atoms with Crippen molar-refractivity contribution in [3.8, 4) is 11.5 Å². The number of aromatic hydroxyl groups is 1. The number of benzene rings is 2. The zero-order chi connectivity index (χ0) is 20.8. The Morgan fingerprint density at radius 3 is 2.83 bits per heavy atom. The van der Waals surface area contributed by atoms with Gasteiger partial charge in [0.15, 0.2) is 0 Å². The Labute approximate surface area is 176 Å². The molecule has 0 bridgehead atoms. The summed E-state index contributed by atoms with van der Waals surface area (Å²) in [5.41, 5.74) is 8.22. The van der Waals surface area contributed by atoms with E-state index in [9.17, 15) is 9.90 Å². The van der Waals surface area contributed by atoms with Crippen LogP contribution in [0.2, 0.25) is 0 Å². The third-order valence-electron chi connectivity index (χ3n) is 5.32. The Kier molecular flexibility index (Phi) is 7.31. The number of carbonyl (C=O) groups is 1. The second-order valence-electron chi connectivity index (χ2n) is 7.47. The number of cyclic esters (lactones) is 1. The average Bonchev–Trinajstić information content (AvgIpc) is 2.72. The number of thioether (sulfide) groups is 1. The van der Waals surface area contributed by atoms with Gasteiger partial charge in [-0.25, -0.2) is 0 Å². The van der Waals surface area contributed by atoms with E-state index in [0.29, 0.717) is 18.7 Å². The van der Waals surface area contributed by atoms with Crippen molar-refractivity contribution in [1.29, 1.82) is 0 Å². The minimum absolute atomic E-state index is 0.0594. The Morgan fingerprint density at radius 1 is 1.28 bits per heavy atom. The first-order valence-electron chi connectivity index (χ1n) is 10.1. The smallest absolute Gasteiger partial charge is 0.309 e. The molecule has 0 aliphatic carbocycles. The number of carbonyl (C=O) groups excluding carboxylic acids is 1. The number of nitrogen functional groups attached to an aromatic ring is 1. The summed E-state index contributed by atoms with van der Waals surface area (Å²) in [5.74, 6) is 1.77. The lowest BCUT2D eigenvalue weighted by molar-refractivity contribution is -0.154. The van der Waals surface area contributed by atoms with Crippen molar-refractivity contribution in [3.05, 3.63) is 47.5 Å². The quantitative estimate of drug-likeness (QED) is 0.213. The third-order valence-corrected chi connectivity index (χ3v) is 6.44. The maximum atomic E-state index is 12.3. The summed E-state index contributed by atoms with van der Waals surface area (Å²) in [6.45, 7) is 2.59. The SMILES string of the molecule is CCCCSc1cc([C@H]2COC(=O)C(Cc3ccc(O)c(N)c3)C2)ccc1OC. The van der Waals surface area contributed by atoms with Crippen molar-refractivity contribution in [1.82, 2.24) is 0 Å². The van der Waals surface area contributed by atoms with Gasteiger partial charge in [-0.15, -0.1) is 11.8 Å². The fourth-order valence-corrected chi connectivity index (χ4v) is 4.78. The Morgan fingerprint density at radius 2 is 2.10 bits per heavy atom. The molecule has 2 aromatic rings. The first-order chi connectivity index (χ1) is 14.0. The molecule has 1 fully saturated rings. The number of nitrogens with two attached hydrogens (primary N) is 1. The summed E-state index contributed by atoms with van der Waals surface area (Å²) in [7, 11) is 1.70. The van der Waals surface area contributed by atoms with Gasteiger partial charge >= 0.3 is 5.97 Å². The summed E-state index contributed by atoms with van der Waals surface area (Å²) >= 11 is 1.81. The molecule has 3 N–H and O–H groups in total. The highest BCUT2D eigenvalue weighted by Gasteiger charge is 2.32. The highest BCUT2D eigenvalue weighted by Crippen LogP contribution is 2.37. The van der Waals surface area contributed by atoms with Gasteiger partial charge in [0.1, 0.15) is 11.5 Å². The molecular formula is C23H29NO4S. The second-order valence-corrected chi connectivity index (χ2v) is 8.61. The maximum absolute atomic E-state index is 12.3. The minimum Gasteiger partial charge on any atom is -0.506 e. The van der Waals surface area contributed by atoms with Crippen LogP contribution >= 0.6 is 11.8 Å². The van der Waals surface area contributed by atoms with E-state index in [-0.39, 0.29) is 23.6 Å². The van der Waals surface area contributed by atoms with Crippen LogP contribution in [0.1, 0.15) is 43.2 Å². The van der Waals surface area contributed by atoms with E-state index in [1.165, 1.54) is 5.56 Å². The van der Waals surface area contributed by atoms with E-state index in [2.05, 4.69) is 19.1 Å². The van der Waals surface area contributed by atoms with Crippen molar-refractivity contribution >= 4 is 23.4 Å². The molecule has 1 heterocycles. The van der Waals surface area contributed by atoms with Crippen LogP contribution in [-0.2, 0) is 16.0 Å². The molecule has 2 aromatic carbocycles. The normalized spacial score (nSPS) is 19.0. The van der Waals surface area contributed by atoms with Gasteiger partial charge in [0.25, 0.3) is 0 Å². The maximum Gasteiger partial charge on any atom is 0.309 e. The molecular weight excluding hydrogens is 386 g/mol. The largest absolute Gasteiger partial charge is 0.506 e. The number of phenolic OH excluding ortho intramolecular Hbond substituents is 1. The van der Waals surface area contributed by atoms with Gasteiger partial charge in [0.05, 0.1) is 25.3 Å². The van der Waals surface area contributed by atoms with E-state index in [4.69, 9.17) is 15.2 Å². The molecule has 1 unspecified atom stereocenters. The predicted octanol–water partition coefficient (Wildman–Crippen LogP) is 4.76. The van der Waals surface area contributed by atoms with Crippen molar-refractivity contribution in [2.45, 2.75) is 43.4 Å². The van der Waals surface area contributed by atoms with Crippen LogP contribution in [0.3, 0.4) is 0 Å². The van der Waals surface area contributed by atoms with Gasteiger partial charge in [-0.3, -0.25) is 4.79 Å². The number of unbranched alkanes of at least 4 members (excludes halogenated alkanes) is 1. The Balaban J connectivity index is 1.74.